The molecule has 2 atom stereocenters. The molecule has 0 spiro atoms. The summed E-state index contributed by atoms with van der Waals surface area (Å²) in [5, 5.41) is 9.67. The van der Waals surface area contributed by atoms with Gasteiger partial charge in [0.15, 0.2) is 0 Å². The molecular formula is C10H18O. The number of allylic oxidation sites excluding steroid dienone is 1. The zero-order chi connectivity index (χ0) is 8.43. The fourth-order valence-electron chi connectivity index (χ4n) is 1.78. The second kappa shape index (κ2) is 3.40. The number of hydrogen-bond donors (Lipinski definition) is 1. The van der Waals surface area contributed by atoms with Crippen LogP contribution in [0.3, 0.4) is 0 Å². The number of aliphatic hydroxyl groups excluding tert-OH is 1. The van der Waals surface area contributed by atoms with Crippen LogP contribution in [-0.2, 0) is 0 Å². The zero-order valence-corrected chi connectivity index (χ0v) is 7.67. The maximum Gasteiger partial charge on any atom is 0.0610 e. The van der Waals surface area contributed by atoms with E-state index in [0.29, 0.717) is 11.8 Å². The molecule has 0 fully saturated rings. The fourth-order valence-corrected chi connectivity index (χ4v) is 1.78. The van der Waals surface area contributed by atoms with Gasteiger partial charge in [0.25, 0.3) is 0 Å². The monoisotopic (exact) mass is 154 g/mol. The molecule has 0 aromatic heterocycles. The third-order valence-corrected chi connectivity index (χ3v) is 2.62. The van der Waals surface area contributed by atoms with Crippen molar-refractivity contribution in [2.45, 2.75) is 39.7 Å². The molecule has 0 bridgehead atoms. The van der Waals surface area contributed by atoms with E-state index in [2.05, 4.69) is 26.8 Å². The quantitative estimate of drug-likeness (QED) is 0.575. The van der Waals surface area contributed by atoms with E-state index in [9.17, 15) is 5.11 Å². The molecule has 0 radical (unpaired) electrons. The van der Waals surface area contributed by atoms with Crippen LogP contribution in [0.15, 0.2) is 11.6 Å². The van der Waals surface area contributed by atoms with Crippen LogP contribution in [0.4, 0.5) is 0 Å². The summed E-state index contributed by atoms with van der Waals surface area (Å²) in [5.74, 6) is 1.09. The van der Waals surface area contributed by atoms with E-state index in [1.54, 1.807) is 0 Å². The molecule has 0 saturated heterocycles. The maximum absolute atomic E-state index is 9.67. The standard InChI is InChI=1S/C10H18O/c1-7(2)9-5-4-8(3)6-10(9)11/h4,7,9-11H,5-6H2,1-3H3/t9-,10?/m1/s1. The fraction of sp³-hybridized carbons (Fsp3) is 0.800. The van der Waals surface area contributed by atoms with Crippen molar-refractivity contribution in [3.63, 3.8) is 0 Å². The van der Waals surface area contributed by atoms with Gasteiger partial charge >= 0.3 is 0 Å². The lowest BCUT2D eigenvalue weighted by atomic mass is 9.80. The summed E-state index contributed by atoms with van der Waals surface area (Å²) in [5.41, 5.74) is 1.34. The largest absolute Gasteiger partial charge is 0.392 e. The highest BCUT2D eigenvalue weighted by Crippen LogP contribution is 2.29. The van der Waals surface area contributed by atoms with Crippen molar-refractivity contribution >= 4 is 0 Å². The summed E-state index contributed by atoms with van der Waals surface area (Å²) >= 11 is 0. The molecule has 1 rings (SSSR count). The predicted molar refractivity (Wildman–Crippen MR) is 47.3 cm³/mol. The molecule has 0 aromatic rings. The minimum Gasteiger partial charge on any atom is -0.392 e. The Morgan fingerprint density at radius 2 is 2.18 bits per heavy atom. The van der Waals surface area contributed by atoms with E-state index in [-0.39, 0.29) is 6.10 Å². The summed E-state index contributed by atoms with van der Waals surface area (Å²) in [7, 11) is 0. The molecule has 0 amide bonds. The third-order valence-electron chi connectivity index (χ3n) is 2.62. The number of hydrogen-bond acceptors (Lipinski definition) is 1. The molecule has 1 unspecified atom stereocenters. The lowest BCUT2D eigenvalue weighted by Gasteiger charge is -2.29. The SMILES string of the molecule is CC1=CC[C@H](C(C)C)C(O)C1. The molecule has 0 saturated carbocycles. The van der Waals surface area contributed by atoms with Crippen LogP contribution in [-0.4, -0.2) is 11.2 Å². The van der Waals surface area contributed by atoms with Gasteiger partial charge in [0.05, 0.1) is 6.10 Å². The Kier molecular flexibility index (Phi) is 2.72. The van der Waals surface area contributed by atoms with Crippen LogP contribution in [0.5, 0.6) is 0 Å². The maximum atomic E-state index is 9.67. The highest BCUT2D eigenvalue weighted by atomic mass is 16.3. The Labute approximate surface area is 69.1 Å². The summed E-state index contributed by atoms with van der Waals surface area (Å²) in [6.45, 7) is 6.46. The summed E-state index contributed by atoms with van der Waals surface area (Å²) in [4.78, 5) is 0. The normalized spacial score (nSPS) is 32.3. The Morgan fingerprint density at radius 1 is 1.55 bits per heavy atom. The van der Waals surface area contributed by atoms with Gasteiger partial charge in [-0.3, -0.25) is 0 Å². The van der Waals surface area contributed by atoms with Crippen molar-refractivity contribution in [1.82, 2.24) is 0 Å². The minimum atomic E-state index is -0.0972. The lowest BCUT2D eigenvalue weighted by molar-refractivity contribution is 0.0768. The Hall–Kier alpha value is -0.300. The first-order chi connectivity index (χ1) is 5.11. The predicted octanol–water partition coefficient (Wildman–Crippen LogP) is 2.36. The van der Waals surface area contributed by atoms with E-state index in [1.807, 2.05) is 0 Å². The van der Waals surface area contributed by atoms with Gasteiger partial charge in [0.1, 0.15) is 0 Å². The lowest BCUT2D eigenvalue weighted by Crippen LogP contribution is -2.27. The van der Waals surface area contributed by atoms with Gasteiger partial charge in [-0.15, -0.1) is 0 Å². The zero-order valence-electron chi connectivity index (χ0n) is 7.67. The molecule has 1 N–H and O–H groups in total. The van der Waals surface area contributed by atoms with Gasteiger partial charge in [-0.2, -0.15) is 0 Å². The van der Waals surface area contributed by atoms with E-state index in [4.69, 9.17) is 0 Å². The van der Waals surface area contributed by atoms with Gasteiger partial charge in [0.2, 0.25) is 0 Å². The molecule has 1 aliphatic carbocycles. The highest BCUT2D eigenvalue weighted by molar-refractivity contribution is 5.06. The second-order valence-electron chi connectivity index (χ2n) is 3.97. The smallest absolute Gasteiger partial charge is 0.0610 e. The van der Waals surface area contributed by atoms with Crippen molar-refractivity contribution < 1.29 is 5.11 Å². The molecule has 1 heteroatoms. The Bertz CT molecular complexity index is 158. The number of aliphatic hydroxyl groups is 1. The first-order valence-corrected chi connectivity index (χ1v) is 4.45. The number of rotatable bonds is 1. The van der Waals surface area contributed by atoms with Gasteiger partial charge in [-0.05, 0) is 31.6 Å². The molecular weight excluding hydrogens is 136 g/mol. The highest BCUT2D eigenvalue weighted by Gasteiger charge is 2.24. The average Bonchev–Trinajstić information content (AvgIpc) is 1.85. The van der Waals surface area contributed by atoms with Crippen LogP contribution in [0.25, 0.3) is 0 Å². The topological polar surface area (TPSA) is 20.2 Å². The Balaban J connectivity index is 2.58. The molecule has 1 aliphatic rings. The summed E-state index contributed by atoms with van der Waals surface area (Å²) in [6.07, 6.45) is 4.10. The molecule has 11 heavy (non-hydrogen) atoms. The van der Waals surface area contributed by atoms with Crippen molar-refractivity contribution in [2.75, 3.05) is 0 Å². The van der Waals surface area contributed by atoms with E-state index >= 15 is 0 Å². The summed E-state index contributed by atoms with van der Waals surface area (Å²) in [6, 6.07) is 0. The van der Waals surface area contributed by atoms with Crippen molar-refractivity contribution in [3.05, 3.63) is 11.6 Å². The van der Waals surface area contributed by atoms with Gasteiger partial charge in [-0.25, -0.2) is 0 Å². The summed E-state index contributed by atoms with van der Waals surface area (Å²) < 4.78 is 0. The van der Waals surface area contributed by atoms with Crippen LogP contribution in [0.1, 0.15) is 33.6 Å². The van der Waals surface area contributed by atoms with Gasteiger partial charge in [0, 0.05) is 0 Å². The van der Waals surface area contributed by atoms with Crippen molar-refractivity contribution in [3.8, 4) is 0 Å². The molecule has 0 aromatic carbocycles. The third kappa shape index (κ3) is 2.06. The van der Waals surface area contributed by atoms with Crippen molar-refractivity contribution in [2.24, 2.45) is 11.8 Å². The molecule has 1 nitrogen and oxygen atoms in total. The van der Waals surface area contributed by atoms with Gasteiger partial charge in [-0.1, -0.05) is 25.5 Å². The van der Waals surface area contributed by atoms with Crippen LogP contribution < -0.4 is 0 Å². The minimum absolute atomic E-state index is 0.0972. The van der Waals surface area contributed by atoms with E-state index in [0.717, 1.165) is 12.8 Å². The Morgan fingerprint density at radius 3 is 2.64 bits per heavy atom. The van der Waals surface area contributed by atoms with Crippen LogP contribution in [0.2, 0.25) is 0 Å². The first-order valence-electron chi connectivity index (χ1n) is 4.45. The molecule has 64 valence electrons. The van der Waals surface area contributed by atoms with Crippen LogP contribution >= 0.6 is 0 Å². The van der Waals surface area contributed by atoms with E-state index in [1.165, 1.54) is 5.57 Å². The second-order valence-corrected chi connectivity index (χ2v) is 3.97. The first kappa shape index (κ1) is 8.79. The van der Waals surface area contributed by atoms with Gasteiger partial charge < -0.3 is 5.11 Å². The average molecular weight is 154 g/mol. The van der Waals surface area contributed by atoms with Crippen LogP contribution in [0, 0.1) is 11.8 Å². The molecule has 0 aliphatic heterocycles. The van der Waals surface area contributed by atoms with E-state index < -0.39 is 0 Å². The van der Waals surface area contributed by atoms with Crippen molar-refractivity contribution in [1.29, 1.82) is 0 Å². The molecule has 0 heterocycles.